The third-order valence-corrected chi connectivity index (χ3v) is 5.17. The van der Waals surface area contributed by atoms with Crippen molar-refractivity contribution < 1.29 is 23.9 Å². The molecule has 0 saturated carbocycles. The van der Waals surface area contributed by atoms with E-state index in [1.165, 1.54) is 4.90 Å². The molecule has 0 radical (unpaired) electrons. The van der Waals surface area contributed by atoms with Gasteiger partial charge in [0, 0.05) is 24.5 Å². The van der Waals surface area contributed by atoms with Crippen molar-refractivity contribution >= 4 is 46.7 Å². The van der Waals surface area contributed by atoms with Gasteiger partial charge in [-0.3, -0.25) is 9.59 Å². The first-order valence-electron chi connectivity index (χ1n) is 7.70. The van der Waals surface area contributed by atoms with Gasteiger partial charge in [-0.25, -0.2) is 9.18 Å². The van der Waals surface area contributed by atoms with Gasteiger partial charge in [-0.15, -0.1) is 0 Å². The molecule has 0 bridgehead atoms. The van der Waals surface area contributed by atoms with E-state index in [9.17, 15) is 18.8 Å². The maximum atomic E-state index is 14.1. The number of carbonyl (C=O) groups is 3. The molecular formula is C16H15Cl2FN2O4. The van der Waals surface area contributed by atoms with Crippen molar-refractivity contribution in [3.05, 3.63) is 28.2 Å². The van der Waals surface area contributed by atoms with Crippen LogP contribution in [0, 0.1) is 5.92 Å². The van der Waals surface area contributed by atoms with Gasteiger partial charge in [-0.1, -0.05) is 23.2 Å². The summed E-state index contributed by atoms with van der Waals surface area (Å²) in [5.74, 6) is -3.55. The van der Waals surface area contributed by atoms with Gasteiger partial charge < -0.3 is 14.9 Å². The quantitative estimate of drug-likeness (QED) is 0.806. The maximum absolute atomic E-state index is 14.1. The molecule has 2 fully saturated rings. The van der Waals surface area contributed by atoms with Crippen molar-refractivity contribution in [2.45, 2.75) is 18.5 Å². The van der Waals surface area contributed by atoms with E-state index in [4.69, 9.17) is 28.3 Å². The number of nitrogens with zero attached hydrogens (tertiary/aromatic N) is 2. The van der Waals surface area contributed by atoms with Crippen LogP contribution in [-0.4, -0.2) is 53.1 Å². The molecule has 1 aromatic carbocycles. The van der Waals surface area contributed by atoms with E-state index >= 15 is 0 Å². The monoisotopic (exact) mass is 388 g/mol. The first-order chi connectivity index (χ1) is 11.7. The number of carboxylic acid groups (broad SMARTS) is 1. The number of likely N-dealkylation sites (tertiary alicyclic amines) is 1. The second-order valence-corrected chi connectivity index (χ2v) is 7.05. The Bertz CT molecular complexity index is 760. The van der Waals surface area contributed by atoms with Crippen LogP contribution >= 0.6 is 23.2 Å². The number of aliphatic carboxylic acids is 1. The molecule has 2 atom stereocenters. The summed E-state index contributed by atoms with van der Waals surface area (Å²) in [4.78, 5) is 38.6. The summed E-state index contributed by atoms with van der Waals surface area (Å²) in [6.45, 7) is -0.283. The van der Waals surface area contributed by atoms with Crippen LogP contribution in [0.4, 0.5) is 10.1 Å². The van der Waals surface area contributed by atoms with Crippen molar-refractivity contribution in [1.29, 1.82) is 0 Å². The predicted octanol–water partition coefficient (Wildman–Crippen LogP) is 2.37. The van der Waals surface area contributed by atoms with Crippen LogP contribution in [0.2, 0.25) is 10.0 Å². The molecule has 0 aliphatic carbocycles. The average Bonchev–Trinajstić information content (AvgIpc) is 3.14. The van der Waals surface area contributed by atoms with Gasteiger partial charge in [0.2, 0.25) is 17.5 Å². The zero-order chi connectivity index (χ0) is 18.4. The van der Waals surface area contributed by atoms with Crippen molar-refractivity contribution in [1.82, 2.24) is 4.90 Å². The normalized spacial score (nSPS) is 26.4. The third-order valence-electron chi connectivity index (χ3n) is 4.62. The fourth-order valence-corrected chi connectivity index (χ4v) is 3.58. The topological polar surface area (TPSA) is 77.9 Å². The van der Waals surface area contributed by atoms with Gasteiger partial charge in [-0.2, -0.15) is 0 Å². The summed E-state index contributed by atoms with van der Waals surface area (Å²) in [6.07, 6.45) is -0.0256. The predicted molar refractivity (Wildman–Crippen MR) is 89.6 cm³/mol. The van der Waals surface area contributed by atoms with E-state index in [-0.39, 0.29) is 25.9 Å². The molecule has 3 rings (SSSR count). The van der Waals surface area contributed by atoms with Crippen LogP contribution in [-0.2, 0) is 14.4 Å². The molecule has 2 saturated heterocycles. The summed E-state index contributed by atoms with van der Waals surface area (Å²) in [5.41, 5.74) is -2.03. The third kappa shape index (κ3) is 3.18. The Balaban J connectivity index is 1.75. The lowest BCUT2D eigenvalue weighted by Gasteiger charge is -2.22. The second kappa shape index (κ2) is 6.46. The highest BCUT2D eigenvalue weighted by atomic mass is 35.5. The molecular weight excluding hydrogens is 374 g/mol. The van der Waals surface area contributed by atoms with Crippen LogP contribution in [0.5, 0.6) is 0 Å². The highest BCUT2D eigenvalue weighted by Crippen LogP contribution is 2.35. The minimum absolute atomic E-state index is 0.0245. The van der Waals surface area contributed by atoms with Crippen LogP contribution in [0.15, 0.2) is 18.2 Å². The fraction of sp³-hybridized carbons (Fsp3) is 0.438. The van der Waals surface area contributed by atoms with Gasteiger partial charge in [0.15, 0.2) is 0 Å². The van der Waals surface area contributed by atoms with Crippen LogP contribution in [0.3, 0.4) is 0 Å². The molecule has 9 heteroatoms. The van der Waals surface area contributed by atoms with E-state index in [0.717, 1.165) is 4.90 Å². The van der Waals surface area contributed by atoms with E-state index in [1.807, 2.05) is 0 Å². The number of anilines is 1. The largest absolute Gasteiger partial charge is 0.479 e. The molecule has 1 aromatic rings. The molecule has 2 aliphatic heterocycles. The number of amides is 2. The number of alkyl halides is 1. The second-order valence-electron chi connectivity index (χ2n) is 6.21. The molecule has 0 aromatic heterocycles. The number of carboxylic acids is 1. The van der Waals surface area contributed by atoms with Crippen molar-refractivity contribution in [2.75, 3.05) is 24.5 Å². The molecule has 25 heavy (non-hydrogen) atoms. The lowest BCUT2D eigenvalue weighted by atomic mass is 10.1. The van der Waals surface area contributed by atoms with E-state index in [0.29, 0.717) is 15.7 Å². The van der Waals surface area contributed by atoms with Gasteiger partial charge in [0.05, 0.1) is 17.3 Å². The van der Waals surface area contributed by atoms with Crippen LogP contribution in [0.1, 0.15) is 12.8 Å². The lowest BCUT2D eigenvalue weighted by molar-refractivity contribution is -0.150. The Morgan fingerprint density at radius 3 is 2.64 bits per heavy atom. The molecule has 6 nitrogen and oxygen atoms in total. The van der Waals surface area contributed by atoms with Gasteiger partial charge in [0.1, 0.15) is 5.92 Å². The van der Waals surface area contributed by atoms with Crippen molar-refractivity contribution in [2.24, 2.45) is 5.92 Å². The number of benzene rings is 1. The molecule has 134 valence electrons. The smallest absolute Gasteiger partial charge is 0.343 e. The van der Waals surface area contributed by atoms with E-state index in [1.54, 1.807) is 18.2 Å². The Hall–Kier alpha value is -1.86. The molecule has 0 spiro atoms. The van der Waals surface area contributed by atoms with Crippen molar-refractivity contribution in [3.8, 4) is 0 Å². The highest BCUT2D eigenvalue weighted by Gasteiger charge is 2.49. The highest BCUT2D eigenvalue weighted by molar-refractivity contribution is 6.36. The summed E-state index contributed by atoms with van der Waals surface area (Å²) in [5, 5.41) is 9.66. The first-order valence-corrected chi connectivity index (χ1v) is 8.46. The number of rotatable bonds is 3. The number of hydrogen-bond donors (Lipinski definition) is 1. The number of carbonyl (C=O) groups excluding carboxylic acids is 2. The van der Waals surface area contributed by atoms with Gasteiger partial charge >= 0.3 is 5.97 Å². The number of halogens is 3. The Labute approximate surface area is 153 Å². The maximum Gasteiger partial charge on any atom is 0.343 e. The van der Waals surface area contributed by atoms with Gasteiger partial charge in [-0.05, 0) is 24.6 Å². The minimum atomic E-state index is -2.45. The van der Waals surface area contributed by atoms with E-state index in [2.05, 4.69) is 0 Å². The zero-order valence-corrected chi connectivity index (χ0v) is 14.6. The zero-order valence-electron chi connectivity index (χ0n) is 13.0. The Morgan fingerprint density at radius 2 is 2.00 bits per heavy atom. The fourth-order valence-electron chi connectivity index (χ4n) is 3.20. The average molecular weight is 389 g/mol. The summed E-state index contributed by atoms with van der Waals surface area (Å²) >= 11 is 12.0. The summed E-state index contributed by atoms with van der Waals surface area (Å²) < 4.78 is 14.1. The molecule has 2 amide bonds. The molecule has 1 N–H and O–H groups in total. The standard InChI is InChI=1S/C16H15Cl2FN2O4/c17-9-1-2-11(18)12(7-9)21-5-3-10(14(21)23)13(22)20-6-4-16(19,8-20)15(24)25/h1-2,7,10H,3-6,8H2,(H,24,25). The lowest BCUT2D eigenvalue weighted by Crippen LogP contribution is -2.42. The number of hydrogen-bond acceptors (Lipinski definition) is 3. The molecule has 2 heterocycles. The van der Waals surface area contributed by atoms with E-state index < -0.39 is 35.9 Å². The molecule has 2 unspecified atom stereocenters. The molecule has 2 aliphatic rings. The SMILES string of the molecule is O=C(C1CCN(c2cc(Cl)ccc2Cl)C1=O)N1CCC(F)(C(=O)O)C1. The van der Waals surface area contributed by atoms with Crippen molar-refractivity contribution in [3.63, 3.8) is 0 Å². The summed E-state index contributed by atoms with van der Waals surface area (Å²) in [6, 6.07) is 4.70. The first kappa shape index (κ1) is 17.9. The van der Waals surface area contributed by atoms with Crippen LogP contribution in [0.25, 0.3) is 0 Å². The Morgan fingerprint density at radius 1 is 1.28 bits per heavy atom. The minimum Gasteiger partial charge on any atom is -0.479 e. The summed E-state index contributed by atoms with van der Waals surface area (Å²) in [7, 11) is 0. The van der Waals surface area contributed by atoms with Gasteiger partial charge in [0.25, 0.3) is 0 Å². The van der Waals surface area contributed by atoms with Crippen LogP contribution < -0.4 is 4.90 Å². The Kier molecular flexibility index (Phi) is 4.64.